The van der Waals surface area contributed by atoms with Crippen molar-refractivity contribution in [3.63, 3.8) is 0 Å². The Kier molecular flexibility index (Phi) is 6.39. The highest BCUT2D eigenvalue weighted by Crippen LogP contribution is 2.69. The first-order valence-corrected chi connectivity index (χ1v) is 13.3. The van der Waals surface area contributed by atoms with Crippen LogP contribution in [0.25, 0.3) is 0 Å². The fraction of sp³-hybridized carbons (Fsp3) is 0.929. The van der Waals surface area contributed by atoms with Gasteiger partial charge < -0.3 is 10.2 Å². The van der Waals surface area contributed by atoms with Gasteiger partial charge in [0.1, 0.15) is 6.10 Å². The number of hydrogen-bond donors (Lipinski definition) is 2. The van der Waals surface area contributed by atoms with E-state index in [0.717, 1.165) is 44.9 Å². The van der Waals surface area contributed by atoms with Crippen LogP contribution in [0.4, 0.5) is 13.2 Å². The molecule has 4 rings (SSSR count). The molecular formula is C28H45F3O2. The molecule has 0 aromatic rings. The Morgan fingerprint density at radius 3 is 2.39 bits per heavy atom. The monoisotopic (exact) mass is 470 g/mol. The minimum Gasteiger partial charge on any atom is -0.390 e. The summed E-state index contributed by atoms with van der Waals surface area (Å²) in [7, 11) is 0. The Balaban J connectivity index is 1.52. The Morgan fingerprint density at radius 1 is 1.06 bits per heavy atom. The lowest BCUT2D eigenvalue weighted by Gasteiger charge is -2.60. The number of alkyl halides is 3. The smallest absolute Gasteiger partial charge is 0.390 e. The molecule has 8 atom stereocenters. The second kappa shape index (κ2) is 8.25. The largest absolute Gasteiger partial charge is 0.414 e. The molecule has 4 aliphatic carbocycles. The van der Waals surface area contributed by atoms with Gasteiger partial charge in [0.2, 0.25) is 0 Å². The van der Waals surface area contributed by atoms with Crippen LogP contribution in [0.2, 0.25) is 0 Å². The van der Waals surface area contributed by atoms with Crippen molar-refractivity contribution >= 4 is 0 Å². The van der Waals surface area contributed by atoms with E-state index in [2.05, 4.69) is 40.7 Å². The number of fused-ring (bicyclic) bond motifs is 5. The summed E-state index contributed by atoms with van der Waals surface area (Å²) in [5, 5.41) is 20.5. The summed E-state index contributed by atoms with van der Waals surface area (Å²) in [6.07, 6.45) is 5.21. The zero-order chi connectivity index (χ0) is 24.4. The van der Waals surface area contributed by atoms with Crippen molar-refractivity contribution in [1.29, 1.82) is 0 Å². The molecule has 2 nitrogen and oxygen atoms in total. The van der Waals surface area contributed by atoms with Gasteiger partial charge in [0, 0.05) is 0 Å². The normalized spacial score (nSPS) is 44.5. The van der Waals surface area contributed by atoms with Gasteiger partial charge in [-0.1, -0.05) is 46.3 Å². The number of aliphatic hydroxyl groups excluding tert-OH is 1. The second-order valence-electron chi connectivity index (χ2n) is 13.3. The van der Waals surface area contributed by atoms with Crippen LogP contribution in [0.3, 0.4) is 0 Å². The van der Waals surface area contributed by atoms with Gasteiger partial charge in [-0.2, -0.15) is 13.2 Å². The quantitative estimate of drug-likeness (QED) is 0.410. The molecule has 33 heavy (non-hydrogen) atoms. The van der Waals surface area contributed by atoms with E-state index in [-0.39, 0.29) is 22.7 Å². The van der Waals surface area contributed by atoms with Crippen LogP contribution in [0.15, 0.2) is 11.6 Å². The maximum atomic E-state index is 12.9. The van der Waals surface area contributed by atoms with E-state index >= 15 is 0 Å². The Hall–Kier alpha value is -0.550. The van der Waals surface area contributed by atoms with Gasteiger partial charge >= 0.3 is 6.18 Å². The van der Waals surface area contributed by atoms with Crippen molar-refractivity contribution in [3.8, 4) is 0 Å². The summed E-state index contributed by atoms with van der Waals surface area (Å²) < 4.78 is 38.7. The highest BCUT2D eigenvalue weighted by atomic mass is 19.4. The summed E-state index contributed by atoms with van der Waals surface area (Å²) in [4.78, 5) is 0. The number of allylic oxidation sites excluding steroid dienone is 1. The van der Waals surface area contributed by atoms with Gasteiger partial charge in [-0.25, -0.2) is 0 Å². The standard InChI is InChI=1S/C28H45F3O2/c1-6-27(33)16-15-25(4)18(17-27)7-8-19-20-9-10-22(26(20,5)14-11-21(19)25)24(2,3)13-12-23(32)28(29,30)31/h7,19-23,32-33H,6,8-17H2,1-5H3/t19-,20-,21-,22+,23-,25-,26-,27-/m0/s1. The van der Waals surface area contributed by atoms with Crippen LogP contribution in [0.5, 0.6) is 0 Å². The van der Waals surface area contributed by atoms with Crippen molar-refractivity contribution < 1.29 is 23.4 Å². The molecule has 0 unspecified atom stereocenters. The fourth-order valence-corrected chi connectivity index (χ4v) is 9.14. The van der Waals surface area contributed by atoms with E-state index in [1.807, 2.05) is 0 Å². The predicted molar refractivity (Wildman–Crippen MR) is 126 cm³/mol. The maximum absolute atomic E-state index is 12.9. The summed E-state index contributed by atoms with van der Waals surface area (Å²) in [6.45, 7) is 11.2. The van der Waals surface area contributed by atoms with Crippen LogP contribution >= 0.6 is 0 Å². The first kappa shape index (κ1) is 25.5. The van der Waals surface area contributed by atoms with E-state index in [4.69, 9.17) is 0 Å². The molecule has 190 valence electrons. The highest BCUT2D eigenvalue weighted by Gasteiger charge is 2.61. The molecule has 3 fully saturated rings. The van der Waals surface area contributed by atoms with Crippen molar-refractivity contribution in [3.05, 3.63) is 11.6 Å². The van der Waals surface area contributed by atoms with Crippen LogP contribution < -0.4 is 0 Å². The first-order valence-electron chi connectivity index (χ1n) is 13.3. The molecule has 4 aliphatic rings. The predicted octanol–water partition coefficient (Wildman–Crippen LogP) is 7.44. The van der Waals surface area contributed by atoms with Crippen LogP contribution in [-0.4, -0.2) is 28.1 Å². The van der Waals surface area contributed by atoms with Crippen molar-refractivity contribution in [2.24, 2.45) is 39.9 Å². The van der Waals surface area contributed by atoms with Gasteiger partial charge in [0.15, 0.2) is 0 Å². The van der Waals surface area contributed by atoms with Crippen molar-refractivity contribution in [2.45, 2.75) is 123 Å². The number of halogens is 3. The van der Waals surface area contributed by atoms with Crippen LogP contribution in [-0.2, 0) is 0 Å². The molecule has 0 aromatic heterocycles. The maximum Gasteiger partial charge on any atom is 0.414 e. The fourth-order valence-electron chi connectivity index (χ4n) is 9.14. The minimum absolute atomic E-state index is 0.161. The van der Waals surface area contributed by atoms with Gasteiger partial charge in [0.05, 0.1) is 5.60 Å². The number of rotatable bonds is 5. The minimum atomic E-state index is -4.53. The van der Waals surface area contributed by atoms with Gasteiger partial charge in [-0.3, -0.25) is 0 Å². The zero-order valence-corrected chi connectivity index (χ0v) is 21.3. The Bertz CT molecular complexity index is 774. The molecular weight excluding hydrogens is 425 g/mol. The lowest BCUT2D eigenvalue weighted by Crippen LogP contribution is -2.53. The topological polar surface area (TPSA) is 40.5 Å². The molecule has 0 radical (unpaired) electrons. The van der Waals surface area contributed by atoms with E-state index in [1.165, 1.54) is 18.4 Å². The summed E-state index contributed by atoms with van der Waals surface area (Å²) >= 11 is 0. The molecule has 2 N–H and O–H groups in total. The van der Waals surface area contributed by atoms with Crippen LogP contribution in [0, 0.1) is 39.9 Å². The lowest BCUT2D eigenvalue weighted by atomic mass is 9.45. The van der Waals surface area contributed by atoms with Crippen molar-refractivity contribution in [2.75, 3.05) is 0 Å². The van der Waals surface area contributed by atoms with E-state index in [9.17, 15) is 23.4 Å². The molecule has 0 aromatic carbocycles. The number of aliphatic hydroxyl groups is 2. The highest BCUT2D eigenvalue weighted by molar-refractivity contribution is 5.27. The Morgan fingerprint density at radius 2 is 1.76 bits per heavy atom. The summed E-state index contributed by atoms with van der Waals surface area (Å²) in [5.74, 6) is 2.32. The molecule has 0 heterocycles. The molecule has 0 spiro atoms. The molecule has 3 saturated carbocycles. The van der Waals surface area contributed by atoms with Crippen molar-refractivity contribution in [1.82, 2.24) is 0 Å². The molecule has 0 aliphatic heterocycles. The van der Waals surface area contributed by atoms with Gasteiger partial charge in [0.25, 0.3) is 0 Å². The summed E-state index contributed by atoms with van der Waals surface area (Å²) in [5.41, 5.74) is 1.08. The van der Waals surface area contributed by atoms with Crippen LogP contribution in [0.1, 0.15) is 105 Å². The summed E-state index contributed by atoms with van der Waals surface area (Å²) in [6, 6.07) is 0. The van der Waals surface area contributed by atoms with Gasteiger partial charge in [-0.05, 0) is 111 Å². The van der Waals surface area contributed by atoms with E-state index in [0.29, 0.717) is 30.1 Å². The van der Waals surface area contributed by atoms with E-state index in [1.54, 1.807) is 0 Å². The molecule has 5 heteroatoms. The second-order valence-corrected chi connectivity index (χ2v) is 13.3. The molecule has 0 bridgehead atoms. The lowest BCUT2D eigenvalue weighted by molar-refractivity contribution is -0.207. The third-order valence-electron chi connectivity index (χ3n) is 11.3. The zero-order valence-electron chi connectivity index (χ0n) is 21.3. The van der Waals surface area contributed by atoms with E-state index < -0.39 is 17.9 Å². The third-order valence-corrected chi connectivity index (χ3v) is 11.3. The Labute approximate surface area is 198 Å². The molecule has 0 saturated heterocycles. The average molecular weight is 471 g/mol. The first-order chi connectivity index (χ1) is 15.2. The average Bonchev–Trinajstić information content (AvgIpc) is 3.10. The third kappa shape index (κ3) is 4.21. The SMILES string of the molecule is CC[C@]1(O)CC[C@@]2(C)C(=CC[C@H]3[C@@H]4CC[C@H](C(C)(C)CC[C@H](O)C(F)(F)F)[C@@]4(C)CC[C@@H]32)C1. The number of hydrogen-bond acceptors (Lipinski definition) is 2. The molecule has 0 amide bonds. The van der Waals surface area contributed by atoms with Gasteiger partial charge in [-0.15, -0.1) is 0 Å².